The molecule has 0 aliphatic heterocycles. The van der Waals surface area contributed by atoms with Crippen LogP contribution in [0.25, 0.3) is 10.9 Å². The zero-order valence-electron chi connectivity index (χ0n) is 10.2. The maximum Gasteiger partial charge on any atom is 0.0515 e. The molecule has 1 heteroatoms. The van der Waals surface area contributed by atoms with Crippen LogP contribution in [0.2, 0.25) is 0 Å². The van der Waals surface area contributed by atoms with E-state index in [1.807, 2.05) is 0 Å². The van der Waals surface area contributed by atoms with E-state index < -0.39 is 0 Å². The standard InChI is InChI=1S/C15H19N/c1-3-7-16-8-6-13-9-11(2)10-14(15(13)16)12-4-5-12/h6,8-10,12H,3-5,7H2,1-2H3. The average Bonchev–Trinajstić information content (AvgIpc) is 3.02. The molecule has 1 aromatic heterocycles. The number of nitrogens with zero attached hydrogens (tertiary/aromatic N) is 1. The van der Waals surface area contributed by atoms with Gasteiger partial charge in [-0.05, 0) is 49.8 Å². The molecule has 84 valence electrons. The van der Waals surface area contributed by atoms with Crippen LogP contribution in [0.3, 0.4) is 0 Å². The topological polar surface area (TPSA) is 4.93 Å². The molecule has 0 radical (unpaired) electrons. The van der Waals surface area contributed by atoms with Crippen molar-refractivity contribution in [1.82, 2.24) is 4.57 Å². The van der Waals surface area contributed by atoms with Crippen LogP contribution in [0, 0.1) is 6.92 Å². The molecule has 1 heterocycles. The van der Waals surface area contributed by atoms with Crippen LogP contribution in [0.5, 0.6) is 0 Å². The van der Waals surface area contributed by atoms with Crippen molar-refractivity contribution in [1.29, 1.82) is 0 Å². The number of aromatic nitrogens is 1. The monoisotopic (exact) mass is 213 g/mol. The highest BCUT2D eigenvalue weighted by Gasteiger charge is 2.26. The summed E-state index contributed by atoms with van der Waals surface area (Å²) in [6, 6.07) is 6.98. The van der Waals surface area contributed by atoms with Crippen LogP contribution in [-0.2, 0) is 6.54 Å². The van der Waals surface area contributed by atoms with E-state index in [-0.39, 0.29) is 0 Å². The van der Waals surface area contributed by atoms with Crippen LogP contribution in [-0.4, -0.2) is 4.57 Å². The van der Waals surface area contributed by atoms with Gasteiger partial charge in [-0.3, -0.25) is 0 Å². The SMILES string of the molecule is CCCn1ccc2cc(C)cc(C3CC3)c21. The second-order valence-electron chi connectivity index (χ2n) is 5.08. The molecule has 0 atom stereocenters. The van der Waals surface area contributed by atoms with Crippen molar-refractivity contribution in [3.05, 3.63) is 35.5 Å². The van der Waals surface area contributed by atoms with Crippen LogP contribution in [0.1, 0.15) is 43.2 Å². The third-order valence-electron chi connectivity index (χ3n) is 3.52. The number of hydrogen-bond donors (Lipinski definition) is 0. The lowest BCUT2D eigenvalue weighted by molar-refractivity contribution is 0.701. The van der Waals surface area contributed by atoms with Crippen LogP contribution >= 0.6 is 0 Å². The Balaban J connectivity index is 2.22. The maximum atomic E-state index is 2.43. The Morgan fingerprint density at radius 2 is 2.12 bits per heavy atom. The molecule has 1 nitrogen and oxygen atoms in total. The second kappa shape index (κ2) is 3.65. The lowest BCUT2D eigenvalue weighted by Crippen LogP contribution is -1.97. The van der Waals surface area contributed by atoms with Gasteiger partial charge in [0.1, 0.15) is 0 Å². The fourth-order valence-electron chi connectivity index (χ4n) is 2.67. The minimum Gasteiger partial charge on any atom is -0.347 e. The normalized spacial score (nSPS) is 15.9. The predicted octanol–water partition coefficient (Wildman–Crippen LogP) is 4.24. The molecule has 1 saturated carbocycles. The van der Waals surface area contributed by atoms with Gasteiger partial charge >= 0.3 is 0 Å². The van der Waals surface area contributed by atoms with Crippen molar-refractivity contribution < 1.29 is 0 Å². The fourth-order valence-corrected chi connectivity index (χ4v) is 2.67. The first-order valence-electron chi connectivity index (χ1n) is 6.39. The summed E-state index contributed by atoms with van der Waals surface area (Å²) < 4.78 is 2.43. The van der Waals surface area contributed by atoms with Crippen molar-refractivity contribution in [2.75, 3.05) is 0 Å². The van der Waals surface area contributed by atoms with Crippen molar-refractivity contribution in [3.8, 4) is 0 Å². The van der Waals surface area contributed by atoms with Gasteiger partial charge in [0.25, 0.3) is 0 Å². The summed E-state index contributed by atoms with van der Waals surface area (Å²) in [5.41, 5.74) is 4.49. The molecule has 3 rings (SSSR count). The van der Waals surface area contributed by atoms with Gasteiger partial charge in [0, 0.05) is 18.1 Å². The molecule has 0 amide bonds. The first kappa shape index (κ1) is 9.95. The zero-order chi connectivity index (χ0) is 11.1. The smallest absolute Gasteiger partial charge is 0.0515 e. The zero-order valence-corrected chi connectivity index (χ0v) is 10.2. The molecule has 0 bridgehead atoms. The van der Waals surface area contributed by atoms with Gasteiger partial charge in [-0.25, -0.2) is 0 Å². The molecule has 2 aromatic rings. The fraction of sp³-hybridized carbons (Fsp3) is 0.467. The summed E-state index contributed by atoms with van der Waals surface area (Å²) in [6.45, 7) is 5.60. The Hall–Kier alpha value is -1.24. The first-order chi connectivity index (χ1) is 7.79. The van der Waals surface area contributed by atoms with Crippen LogP contribution in [0.4, 0.5) is 0 Å². The minimum atomic E-state index is 0.841. The summed E-state index contributed by atoms with van der Waals surface area (Å²) >= 11 is 0. The van der Waals surface area contributed by atoms with E-state index in [0.717, 1.165) is 12.5 Å². The molecule has 1 aliphatic carbocycles. The number of hydrogen-bond acceptors (Lipinski definition) is 0. The summed E-state index contributed by atoms with van der Waals surface area (Å²) in [4.78, 5) is 0. The molecule has 0 unspecified atom stereocenters. The van der Waals surface area contributed by atoms with Gasteiger partial charge in [0.05, 0.1) is 5.52 Å². The Bertz CT molecular complexity index is 517. The Morgan fingerprint density at radius 3 is 2.81 bits per heavy atom. The summed E-state index contributed by atoms with van der Waals surface area (Å²) in [6.07, 6.45) is 6.23. The van der Waals surface area contributed by atoms with Gasteiger partial charge in [0.2, 0.25) is 0 Å². The highest BCUT2D eigenvalue weighted by atomic mass is 15.0. The average molecular weight is 213 g/mol. The van der Waals surface area contributed by atoms with Gasteiger partial charge in [-0.2, -0.15) is 0 Å². The van der Waals surface area contributed by atoms with E-state index >= 15 is 0 Å². The summed E-state index contributed by atoms with van der Waals surface area (Å²) in [5, 5.41) is 1.43. The van der Waals surface area contributed by atoms with Crippen LogP contribution in [0.15, 0.2) is 24.4 Å². The number of rotatable bonds is 3. The first-order valence-corrected chi connectivity index (χ1v) is 6.39. The molecule has 0 spiro atoms. The molecular formula is C15H19N. The molecular weight excluding hydrogens is 194 g/mol. The van der Waals surface area contributed by atoms with Crippen LogP contribution < -0.4 is 0 Å². The van der Waals surface area contributed by atoms with E-state index in [2.05, 4.69) is 42.8 Å². The minimum absolute atomic E-state index is 0.841. The van der Waals surface area contributed by atoms with E-state index in [0.29, 0.717) is 0 Å². The van der Waals surface area contributed by atoms with E-state index in [1.54, 1.807) is 5.56 Å². The van der Waals surface area contributed by atoms with Crippen molar-refractivity contribution in [2.24, 2.45) is 0 Å². The Kier molecular flexibility index (Phi) is 2.27. The van der Waals surface area contributed by atoms with E-state index in [4.69, 9.17) is 0 Å². The van der Waals surface area contributed by atoms with Gasteiger partial charge in [-0.1, -0.05) is 18.6 Å². The largest absolute Gasteiger partial charge is 0.347 e. The van der Waals surface area contributed by atoms with Crippen molar-refractivity contribution in [3.63, 3.8) is 0 Å². The van der Waals surface area contributed by atoms with E-state index in [9.17, 15) is 0 Å². The highest BCUT2D eigenvalue weighted by molar-refractivity contribution is 5.85. The van der Waals surface area contributed by atoms with Gasteiger partial charge < -0.3 is 4.57 Å². The molecule has 1 aliphatic rings. The number of benzene rings is 1. The molecule has 1 fully saturated rings. The summed E-state index contributed by atoms with van der Waals surface area (Å²) in [7, 11) is 0. The number of fused-ring (bicyclic) bond motifs is 1. The Morgan fingerprint density at radius 1 is 1.31 bits per heavy atom. The third-order valence-corrected chi connectivity index (χ3v) is 3.52. The lowest BCUT2D eigenvalue weighted by Gasteiger charge is -2.09. The molecule has 16 heavy (non-hydrogen) atoms. The Labute approximate surface area is 97.1 Å². The third kappa shape index (κ3) is 1.55. The van der Waals surface area contributed by atoms with Gasteiger partial charge in [0.15, 0.2) is 0 Å². The number of aryl methyl sites for hydroxylation is 2. The highest BCUT2D eigenvalue weighted by Crippen LogP contribution is 2.43. The molecule has 0 saturated heterocycles. The predicted molar refractivity (Wildman–Crippen MR) is 68.9 cm³/mol. The summed E-state index contributed by atoms with van der Waals surface area (Å²) in [5.74, 6) is 0.841. The van der Waals surface area contributed by atoms with Crippen molar-refractivity contribution >= 4 is 10.9 Å². The maximum absolute atomic E-state index is 2.43. The second-order valence-corrected chi connectivity index (χ2v) is 5.08. The van der Waals surface area contributed by atoms with Gasteiger partial charge in [-0.15, -0.1) is 0 Å². The lowest BCUT2D eigenvalue weighted by atomic mass is 10.0. The quantitative estimate of drug-likeness (QED) is 0.718. The van der Waals surface area contributed by atoms with Crippen molar-refractivity contribution in [2.45, 2.75) is 45.6 Å². The molecule has 0 N–H and O–H groups in total. The molecule has 1 aromatic carbocycles. The van der Waals surface area contributed by atoms with E-state index in [1.165, 1.54) is 35.7 Å².